The third-order valence-electron chi connectivity index (χ3n) is 3.94. The highest BCUT2D eigenvalue weighted by atomic mass is 16.6. The lowest BCUT2D eigenvalue weighted by atomic mass is 10.2. The maximum absolute atomic E-state index is 12.1. The second-order valence-corrected chi connectivity index (χ2v) is 5.28. The maximum atomic E-state index is 12.1. The fourth-order valence-electron chi connectivity index (χ4n) is 2.74. The highest BCUT2D eigenvalue weighted by Crippen LogP contribution is 2.16. The third kappa shape index (κ3) is 4.44. The molecule has 1 aliphatic rings. The minimum atomic E-state index is -0.249. The van der Waals surface area contributed by atoms with Crippen LogP contribution in [-0.2, 0) is 11.3 Å². The smallest absolute Gasteiger partial charge is 0.410 e. The average Bonchev–Trinajstić information content (AvgIpc) is 3.01. The van der Waals surface area contributed by atoms with Crippen LogP contribution in [0.15, 0.2) is 30.3 Å². The van der Waals surface area contributed by atoms with E-state index in [4.69, 9.17) is 9.84 Å². The Labute approximate surface area is 126 Å². The molecule has 1 atom stereocenters. The van der Waals surface area contributed by atoms with Crippen molar-refractivity contribution < 1.29 is 14.6 Å². The molecule has 0 spiro atoms. The maximum Gasteiger partial charge on any atom is 0.410 e. The largest absolute Gasteiger partial charge is 0.445 e. The van der Waals surface area contributed by atoms with Crippen molar-refractivity contribution in [2.45, 2.75) is 26.0 Å². The zero-order chi connectivity index (χ0) is 15.1. The zero-order valence-corrected chi connectivity index (χ0v) is 12.6. The van der Waals surface area contributed by atoms with Crippen LogP contribution in [0.3, 0.4) is 0 Å². The second-order valence-electron chi connectivity index (χ2n) is 5.28. The van der Waals surface area contributed by atoms with E-state index in [2.05, 4.69) is 11.8 Å². The standard InChI is InChI=1S/C16H24N2O3/c1-2-17(10-11-19)15-8-9-18(12-15)16(20)21-13-14-6-4-3-5-7-14/h3-7,15,19H,2,8-13H2,1H3/t15-/m1/s1. The summed E-state index contributed by atoms with van der Waals surface area (Å²) in [4.78, 5) is 16.0. The minimum Gasteiger partial charge on any atom is -0.445 e. The molecular formula is C16H24N2O3. The molecule has 0 saturated carbocycles. The molecule has 5 nitrogen and oxygen atoms in total. The van der Waals surface area contributed by atoms with Crippen LogP contribution in [0.5, 0.6) is 0 Å². The Kier molecular flexibility index (Phi) is 6.02. The average molecular weight is 292 g/mol. The molecule has 1 aliphatic heterocycles. The van der Waals surface area contributed by atoms with Crippen LogP contribution in [0.2, 0.25) is 0 Å². The molecular weight excluding hydrogens is 268 g/mol. The van der Waals surface area contributed by atoms with Crippen molar-refractivity contribution in [1.29, 1.82) is 0 Å². The number of aliphatic hydroxyl groups is 1. The van der Waals surface area contributed by atoms with Crippen LogP contribution >= 0.6 is 0 Å². The molecule has 1 heterocycles. The van der Waals surface area contributed by atoms with Crippen molar-refractivity contribution in [3.63, 3.8) is 0 Å². The molecule has 1 aromatic carbocycles. The molecule has 0 aliphatic carbocycles. The highest BCUT2D eigenvalue weighted by Gasteiger charge is 2.30. The molecule has 5 heteroatoms. The number of benzene rings is 1. The van der Waals surface area contributed by atoms with Gasteiger partial charge < -0.3 is 14.7 Å². The summed E-state index contributed by atoms with van der Waals surface area (Å²) in [6.07, 6.45) is 0.690. The highest BCUT2D eigenvalue weighted by molar-refractivity contribution is 5.68. The number of hydrogen-bond acceptors (Lipinski definition) is 4. The van der Waals surface area contributed by atoms with Gasteiger partial charge in [0, 0.05) is 25.7 Å². The normalized spacial score (nSPS) is 18.2. The lowest BCUT2D eigenvalue weighted by Gasteiger charge is -2.26. The van der Waals surface area contributed by atoms with Gasteiger partial charge in [-0.2, -0.15) is 0 Å². The topological polar surface area (TPSA) is 53.0 Å². The predicted octanol–water partition coefficient (Wildman–Crippen LogP) is 1.71. The Morgan fingerprint density at radius 1 is 1.43 bits per heavy atom. The quantitative estimate of drug-likeness (QED) is 0.867. The fourth-order valence-corrected chi connectivity index (χ4v) is 2.74. The predicted molar refractivity (Wildman–Crippen MR) is 80.9 cm³/mol. The number of ether oxygens (including phenoxy) is 1. The Morgan fingerprint density at radius 3 is 2.86 bits per heavy atom. The van der Waals surface area contributed by atoms with Crippen molar-refractivity contribution in [3.8, 4) is 0 Å². The number of aliphatic hydroxyl groups excluding tert-OH is 1. The van der Waals surface area contributed by atoms with E-state index in [0.717, 1.165) is 25.1 Å². The minimum absolute atomic E-state index is 0.156. The summed E-state index contributed by atoms with van der Waals surface area (Å²) in [5.74, 6) is 0. The van der Waals surface area contributed by atoms with E-state index >= 15 is 0 Å². The summed E-state index contributed by atoms with van der Waals surface area (Å²) in [5, 5.41) is 9.07. The monoisotopic (exact) mass is 292 g/mol. The lowest BCUT2D eigenvalue weighted by Crippen LogP contribution is -2.40. The van der Waals surface area contributed by atoms with Gasteiger partial charge in [-0.3, -0.25) is 4.90 Å². The van der Waals surface area contributed by atoms with Gasteiger partial charge in [0.25, 0.3) is 0 Å². The Morgan fingerprint density at radius 2 is 2.19 bits per heavy atom. The molecule has 1 aromatic rings. The molecule has 21 heavy (non-hydrogen) atoms. The van der Waals surface area contributed by atoms with Crippen LogP contribution in [-0.4, -0.2) is 59.8 Å². The van der Waals surface area contributed by atoms with E-state index in [9.17, 15) is 4.79 Å². The molecule has 116 valence electrons. The second kappa shape index (κ2) is 8.00. The third-order valence-corrected chi connectivity index (χ3v) is 3.94. The van der Waals surface area contributed by atoms with Crippen molar-refractivity contribution in [2.75, 3.05) is 32.8 Å². The van der Waals surface area contributed by atoms with Crippen LogP contribution in [0.25, 0.3) is 0 Å². The van der Waals surface area contributed by atoms with E-state index in [1.54, 1.807) is 4.90 Å². The van der Waals surface area contributed by atoms with Crippen LogP contribution in [0, 0.1) is 0 Å². The molecule has 1 fully saturated rings. The number of amides is 1. The molecule has 0 aromatic heterocycles. The fraction of sp³-hybridized carbons (Fsp3) is 0.562. The first-order valence-corrected chi connectivity index (χ1v) is 7.55. The number of hydrogen-bond donors (Lipinski definition) is 1. The van der Waals surface area contributed by atoms with Gasteiger partial charge >= 0.3 is 6.09 Å². The van der Waals surface area contributed by atoms with Crippen molar-refractivity contribution in [1.82, 2.24) is 9.80 Å². The number of likely N-dealkylation sites (tertiary alicyclic amines) is 1. The van der Waals surface area contributed by atoms with Crippen molar-refractivity contribution >= 4 is 6.09 Å². The van der Waals surface area contributed by atoms with Crippen molar-refractivity contribution in [2.24, 2.45) is 0 Å². The SMILES string of the molecule is CCN(CCO)[C@@H]1CCN(C(=O)OCc2ccccc2)C1. The van der Waals surface area contributed by atoms with Gasteiger partial charge in [0.05, 0.1) is 6.61 Å². The Bertz CT molecular complexity index is 438. The first-order chi connectivity index (χ1) is 10.2. The van der Waals surface area contributed by atoms with Gasteiger partial charge in [-0.25, -0.2) is 4.79 Å². The number of likely N-dealkylation sites (N-methyl/N-ethyl adjacent to an activating group) is 1. The number of carbonyl (C=O) groups is 1. The van der Waals surface area contributed by atoms with Gasteiger partial charge in [-0.05, 0) is 18.5 Å². The van der Waals surface area contributed by atoms with E-state index in [1.807, 2.05) is 30.3 Å². The number of carbonyl (C=O) groups excluding carboxylic acids is 1. The number of nitrogens with zero attached hydrogens (tertiary/aromatic N) is 2. The Balaban J connectivity index is 1.79. The molecule has 0 unspecified atom stereocenters. The van der Waals surface area contributed by atoms with E-state index in [0.29, 0.717) is 25.7 Å². The van der Waals surface area contributed by atoms with Gasteiger partial charge in [0.15, 0.2) is 0 Å². The zero-order valence-electron chi connectivity index (χ0n) is 12.6. The van der Waals surface area contributed by atoms with Gasteiger partial charge in [0.1, 0.15) is 6.61 Å². The van der Waals surface area contributed by atoms with E-state index in [-0.39, 0.29) is 12.7 Å². The summed E-state index contributed by atoms with van der Waals surface area (Å²) >= 11 is 0. The molecule has 0 bridgehead atoms. The molecule has 1 saturated heterocycles. The molecule has 1 N–H and O–H groups in total. The van der Waals surface area contributed by atoms with Gasteiger partial charge in [0.2, 0.25) is 0 Å². The van der Waals surface area contributed by atoms with E-state index in [1.165, 1.54) is 0 Å². The summed E-state index contributed by atoms with van der Waals surface area (Å²) in [7, 11) is 0. The summed E-state index contributed by atoms with van der Waals surface area (Å²) in [6, 6.07) is 10.0. The molecule has 2 rings (SSSR count). The van der Waals surface area contributed by atoms with Crippen LogP contribution in [0.1, 0.15) is 18.9 Å². The van der Waals surface area contributed by atoms with Gasteiger partial charge in [-0.1, -0.05) is 37.3 Å². The molecule has 0 radical (unpaired) electrons. The summed E-state index contributed by atoms with van der Waals surface area (Å²) in [5.41, 5.74) is 0.997. The van der Waals surface area contributed by atoms with Gasteiger partial charge in [-0.15, -0.1) is 0 Å². The lowest BCUT2D eigenvalue weighted by molar-refractivity contribution is 0.0987. The number of rotatable bonds is 6. The summed E-state index contributed by atoms with van der Waals surface area (Å²) in [6.45, 7) is 5.50. The van der Waals surface area contributed by atoms with E-state index < -0.39 is 0 Å². The first-order valence-electron chi connectivity index (χ1n) is 7.55. The summed E-state index contributed by atoms with van der Waals surface area (Å²) < 4.78 is 5.35. The van der Waals surface area contributed by atoms with Crippen LogP contribution in [0.4, 0.5) is 4.79 Å². The van der Waals surface area contributed by atoms with Crippen molar-refractivity contribution in [3.05, 3.63) is 35.9 Å². The van der Waals surface area contributed by atoms with Crippen LogP contribution < -0.4 is 0 Å². The molecule has 1 amide bonds. The first kappa shape index (κ1) is 15.8. The Hall–Kier alpha value is -1.59.